The second kappa shape index (κ2) is 5.45. The molecule has 0 saturated carbocycles. The van der Waals surface area contributed by atoms with E-state index in [1.54, 1.807) is 6.07 Å². The average Bonchev–Trinajstić information content (AvgIpc) is 2.29. The molecule has 4 heteroatoms. The molecule has 0 aromatic carbocycles. The van der Waals surface area contributed by atoms with E-state index in [1.165, 1.54) is 0 Å². The Morgan fingerprint density at radius 1 is 1.44 bits per heavy atom. The molecule has 0 aliphatic heterocycles. The number of hydrogen-bond acceptors (Lipinski definition) is 4. The molecule has 0 bridgehead atoms. The van der Waals surface area contributed by atoms with Crippen LogP contribution in [0.25, 0.3) is 0 Å². The van der Waals surface area contributed by atoms with Gasteiger partial charge in [-0.2, -0.15) is 5.26 Å². The molecule has 0 saturated heterocycles. The summed E-state index contributed by atoms with van der Waals surface area (Å²) >= 11 is 0. The third-order valence-electron chi connectivity index (χ3n) is 2.68. The van der Waals surface area contributed by atoms with Gasteiger partial charge in [-0.05, 0) is 33.3 Å². The Morgan fingerprint density at radius 3 is 2.62 bits per heavy atom. The molecule has 0 spiro atoms. The Hall–Kier alpha value is -1.63. The molecule has 0 fully saturated rings. The minimum atomic E-state index is 0.387. The van der Waals surface area contributed by atoms with E-state index in [0.717, 1.165) is 18.7 Å². The molecule has 1 heterocycles. The smallest absolute Gasteiger partial charge is 0.227 e. The van der Waals surface area contributed by atoms with Gasteiger partial charge >= 0.3 is 0 Å². The third kappa shape index (κ3) is 2.69. The van der Waals surface area contributed by atoms with Gasteiger partial charge in [0.1, 0.15) is 11.8 Å². The van der Waals surface area contributed by atoms with Gasteiger partial charge in [-0.3, -0.25) is 0 Å². The predicted molar refractivity (Wildman–Crippen MR) is 64.3 cm³/mol. The number of rotatable bonds is 4. The van der Waals surface area contributed by atoms with E-state index in [4.69, 9.17) is 5.26 Å². The van der Waals surface area contributed by atoms with E-state index in [1.807, 2.05) is 6.92 Å². The lowest BCUT2D eigenvalue weighted by atomic mass is 10.2. The molecular weight excluding hydrogens is 200 g/mol. The minimum absolute atomic E-state index is 0.387. The van der Waals surface area contributed by atoms with Gasteiger partial charge in [-0.15, -0.1) is 0 Å². The van der Waals surface area contributed by atoms with Crippen LogP contribution in [0.4, 0.5) is 5.95 Å². The van der Waals surface area contributed by atoms with E-state index < -0.39 is 0 Å². The fourth-order valence-corrected chi connectivity index (χ4v) is 1.61. The van der Waals surface area contributed by atoms with Crippen LogP contribution in [0.3, 0.4) is 0 Å². The molecule has 16 heavy (non-hydrogen) atoms. The molecule has 1 rings (SSSR count). The van der Waals surface area contributed by atoms with Crippen LogP contribution in [0.2, 0.25) is 0 Å². The Morgan fingerprint density at radius 2 is 2.12 bits per heavy atom. The van der Waals surface area contributed by atoms with E-state index in [9.17, 15) is 0 Å². The van der Waals surface area contributed by atoms with Crippen molar-refractivity contribution in [2.75, 3.05) is 11.4 Å². The van der Waals surface area contributed by atoms with Gasteiger partial charge in [0.25, 0.3) is 0 Å². The standard InChI is InChI=1S/C12H18N4/c1-5-10(4)16(6-2)12-14-9(3)7-11(8-13)15-12/h7,10H,5-6H2,1-4H3. The first-order valence-corrected chi connectivity index (χ1v) is 5.64. The van der Waals surface area contributed by atoms with Crippen molar-refractivity contribution in [3.8, 4) is 6.07 Å². The predicted octanol–water partition coefficient (Wildman–Crippen LogP) is 2.28. The number of aromatic nitrogens is 2. The fraction of sp³-hybridized carbons (Fsp3) is 0.583. The Kier molecular flexibility index (Phi) is 4.24. The largest absolute Gasteiger partial charge is 0.338 e. The summed E-state index contributed by atoms with van der Waals surface area (Å²) in [6.07, 6.45) is 1.03. The Labute approximate surface area is 96.9 Å². The number of nitrogens with zero attached hydrogens (tertiary/aromatic N) is 4. The summed E-state index contributed by atoms with van der Waals surface area (Å²) in [6, 6.07) is 4.16. The van der Waals surface area contributed by atoms with Gasteiger partial charge in [-0.1, -0.05) is 6.92 Å². The van der Waals surface area contributed by atoms with Crippen LogP contribution in [0.5, 0.6) is 0 Å². The van der Waals surface area contributed by atoms with E-state index in [-0.39, 0.29) is 0 Å². The summed E-state index contributed by atoms with van der Waals surface area (Å²) in [5, 5.41) is 8.88. The molecular formula is C12H18N4. The lowest BCUT2D eigenvalue weighted by molar-refractivity contribution is 0.613. The number of anilines is 1. The maximum atomic E-state index is 8.88. The average molecular weight is 218 g/mol. The van der Waals surface area contributed by atoms with Crippen molar-refractivity contribution < 1.29 is 0 Å². The van der Waals surface area contributed by atoms with Crippen molar-refractivity contribution in [2.45, 2.75) is 40.2 Å². The van der Waals surface area contributed by atoms with E-state index in [0.29, 0.717) is 17.7 Å². The molecule has 1 atom stereocenters. The molecule has 0 N–H and O–H groups in total. The van der Waals surface area contributed by atoms with Crippen molar-refractivity contribution in [1.82, 2.24) is 9.97 Å². The second-order valence-corrected chi connectivity index (χ2v) is 3.85. The van der Waals surface area contributed by atoms with Crippen molar-refractivity contribution in [2.24, 2.45) is 0 Å². The molecule has 0 amide bonds. The molecule has 0 radical (unpaired) electrons. The van der Waals surface area contributed by atoms with Gasteiger partial charge in [-0.25, -0.2) is 9.97 Å². The van der Waals surface area contributed by atoms with Crippen molar-refractivity contribution in [1.29, 1.82) is 5.26 Å². The zero-order chi connectivity index (χ0) is 12.1. The summed E-state index contributed by atoms with van der Waals surface area (Å²) in [4.78, 5) is 10.8. The third-order valence-corrected chi connectivity index (χ3v) is 2.68. The summed E-state index contributed by atoms with van der Waals surface area (Å²) in [6.45, 7) is 9.08. The molecule has 86 valence electrons. The lowest BCUT2D eigenvalue weighted by Crippen LogP contribution is -2.34. The number of aryl methyl sites for hydroxylation is 1. The van der Waals surface area contributed by atoms with Crippen LogP contribution < -0.4 is 4.90 Å². The van der Waals surface area contributed by atoms with E-state index in [2.05, 4.69) is 41.7 Å². The molecule has 1 aromatic heterocycles. The quantitative estimate of drug-likeness (QED) is 0.778. The normalized spacial score (nSPS) is 11.9. The SMILES string of the molecule is CCC(C)N(CC)c1nc(C)cc(C#N)n1. The molecule has 0 aliphatic rings. The van der Waals surface area contributed by atoms with Crippen LogP contribution in [0, 0.1) is 18.3 Å². The van der Waals surface area contributed by atoms with Crippen molar-refractivity contribution in [3.05, 3.63) is 17.5 Å². The van der Waals surface area contributed by atoms with Crippen LogP contribution in [-0.2, 0) is 0 Å². The summed E-state index contributed by atoms with van der Waals surface area (Å²) in [5.41, 5.74) is 1.27. The maximum absolute atomic E-state index is 8.88. The molecule has 4 nitrogen and oxygen atoms in total. The van der Waals surface area contributed by atoms with Gasteiger partial charge in [0.2, 0.25) is 5.95 Å². The Balaban J connectivity index is 3.10. The van der Waals surface area contributed by atoms with Gasteiger partial charge in [0, 0.05) is 18.3 Å². The highest BCUT2D eigenvalue weighted by atomic mass is 15.3. The molecule has 1 unspecified atom stereocenters. The highest BCUT2D eigenvalue weighted by Crippen LogP contribution is 2.14. The summed E-state index contributed by atoms with van der Waals surface area (Å²) < 4.78 is 0. The van der Waals surface area contributed by atoms with Gasteiger partial charge < -0.3 is 4.90 Å². The van der Waals surface area contributed by atoms with E-state index >= 15 is 0 Å². The summed E-state index contributed by atoms with van der Waals surface area (Å²) in [5.74, 6) is 0.661. The highest BCUT2D eigenvalue weighted by molar-refractivity contribution is 5.36. The molecule has 0 aliphatic carbocycles. The minimum Gasteiger partial charge on any atom is -0.338 e. The maximum Gasteiger partial charge on any atom is 0.227 e. The zero-order valence-electron chi connectivity index (χ0n) is 10.4. The monoisotopic (exact) mass is 218 g/mol. The van der Waals surface area contributed by atoms with Gasteiger partial charge in [0.15, 0.2) is 0 Å². The van der Waals surface area contributed by atoms with Gasteiger partial charge in [0.05, 0.1) is 0 Å². The fourth-order valence-electron chi connectivity index (χ4n) is 1.61. The van der Waals surface area contributed by atoms with Crippen LogP contribution >= 0.6 is 0 Å². The zero-order valence-corrected chi connectivity index (χ0v) is 10.4. The first-order valence-electron chi connectivity index (χ1n) is 5.64. The number of nitriles is 1. The van der Waals surface area contributed by atoms with Crippen LogP contribution in [0.1, 0.15) is 38.6 Å². The topological polar surface area (TPSA) is 52.8 Å². The number of hydrogen-bond donors (Lipinski definition) is 0. The Bertz CT molecular complexity index is 394. The first-order chi connectivity index (χ1) is 7.62. The molecule has 1 aromatic rings. The van der Waals surface area contributed by atoms with Crippen molar-refractivity contribution >= 4 is 5.95 Å². The lowest BCUT2D eigenvalue weighted by Gasteiger charge is -2.27. The summed E-state index contributed by atoms with van der Waals surface area (Å²) in [7, 11) is 0. The highest BCUT2D eigenvalue weighted by Gasteiger charge is 2.14. The second-order valence-electron chi connectivity index (χ2n) is 3.85. The van der Waals surface area contributed by atoms with Crippen molar-refractivity contribution in [3.63, 3.8) is 0 Å². The van der Waals surface area contributed by atoms with Crippen LogP contribution in [-0.4, -0.2) is 22.6 Å². The van der Waals surface area contributed by atoms with Crippen LogP contribution in [0.15, 0.2) is 6.07 Å². The first kappa shape index (κ1) is 12.4.